The number of hydrogen-bond donors (Lipinski definition) is 3. The van der Waals surface area contributed by atoms with Gasteiger partial charge in [-0.2, -0.15) is 18.2 Å². The summed E-state index contributed by atoms with van der Waals surface area (Å²) < 4.78 is 39.4. The summed E-state index contributed by atoms with van der Waals surface area (Å²) >= 11 is 0. The number of piperidine rings is 1. The number of carbonyl (C=O) groups excluding carboxylic acids is 1. The number of aliphatic hydroxyl groups excluding tert-OH is 1. The molecule has 2 aliphatic heterocycles. The molecule has 1 amide bonds. The highest BCUT2D eigenvalue weighted by atomic mass is 19.4. The van der Waals surface area contributed by atoms with Gasteiger partial charge in [0.25, 0.3) is 5.91 Å². The zero-order valence-corrected chi connectivity index (χ0v) is 24.8. The molecule has 4 aromatic rings. The molecule has 2 aromatic carbocycles. The van der Waals surface area contributed by atoms with Crippen molar-refractivity contribution in [2.75, 3.05) is 52.1 Å². The zero-order valence-electron chi connectivity index (χ0n) is 24.8. The molecular formula is C32H33F3N8O2. The molecule has 10 nitrogen and oxygen atoms in total. The minimum Gasteiger partial charge on any atom is -0.393 e. The highest BCUT2D eigenvalue weighted by Gasteiger charge is 2.31. The zero-order chi connectivity index (χ0) is 31.7. The highest BCUT2D eigenvalue weighted by Crippen LogP contribution is 2.33. The molecule has 0 unspecified atom stereocenters. The fraction of sp³-hybridized carbons (Fsp3) is 0.312. The lowest BCUT2D eigenvalue weighted by atomic mass is 10.1. The number of nitrogens with zero attached hydrogens (tertiary/aromatic N) is 6. The lowest BCUT2D eigenvalue weighted by Crippen LogP contribution is -2.41. The second-order valence-corrected chi connectivity index (χ2v) is 11.4. The van der Waals surface area contributed by atoms with Crippen LogP contribution in [-0.4, -0.2) is 58.9 Å². The average Bonchev–Trinajstić information content (AvgIpc) is 3.02. The van der Waals surface area contributed by atoms with Crippen LogP contribution in [0.1, 0.15) is 39.9 Å². The van der Waals surface area contributed by atoms with Gasteiger partial charge in [-0.05, 0) is 67.8 Å². The van der Waals surface area contributed by atoms with Crippen molar-refractivity contribution in [3.05, 3.63) is 89.2 Å². The predicted molar refractivity (Wildman–Crippen MR) is 167 cm³/mol. The van der Waals surface area contributed by atoms with E-state index in [0.29, 0.717) is 24.8 Å². The molecule has 1 saturated heterocycles. The standard InChI is InChI=1S/C32H33F3N8O2/c1-20-6-7-24(38-30(45)21-4-3-5-23(14-21)32(33,34)35)15-27(20)43-18-22-16-37-31(40-29(22)41(2)19-43)39-25-8-9-28(36-17-25)42-12-10-26(44)11-13-42/h3-9,14-17,26,44H,10-13,18-19H2,1-2H3,(H,38,45)(H,37,39,40). The van der Waals surface area contributed by atoms with Crippen LogP contribution >= 0.6 is 0 Å². The first-order chi connectivity index (χ1) is 21.5. The van der Waals surface area contributed by atoms with Gasteiger partial charge in [0.2, 0.25) is 5.95 Å². The Morgan fingerprint density at radius 3 is 2.49 bits per heavy atom. The molecule has 2 aromatic heterocycles. The number of aromatic nitrogens is 3. The minimum absolute atomic E-state index is 0.0744. The number of anilines is 6. The average molecular weight is 619 g/mol. The quantitative estimate of drug-likeness (QED) is 0.256. The van der Waals surface area contributed by atoms with Crippen LogP contribution in [-0.2, 0) is 12.7 Å². The SMILES string of the molecule is Cc1ccc(NC(=O)c2cccc(C(F)(F)F)c2)cc1N1Cc2cnc(Nc3ccc(N4CCC(O)CC4)nc3)nc2N(C)C1. The molecule has 6 rings (SSSR count). The van der Waals surface area contributed by atoms with Gasteiger partial charge in [-0.3, -0.25) is 4.79 Å². The van der Waals surface area contributed by atoms with Crippen molar-refractivity contribution < 1.29 is 23.1 Å². The van der Waals surface area contributed by atoms with E-state index in [1.54, 1.807) is 18.5 Å². The van der Waals surface area contributed by atoms with Crippen LogP contribution in [0.5, 0.6) is 0 Å². The Morgan fingerprint density at radius 1 is 0.978 bits per heavy atom. The number of fused-ring (bicyclic) bond motifs is 1. The number of nitrogens with one attached hydrogen (secondary N) is 2. The van der Waals surface area contributed by atoms with E-state index in [1.165, 1.54) is 12.1 Å². The smallest absolute Gasteiger partial charge is 0.393 e. The summed E-state index contributed by atoms with van der Waals surface area (Å²) in [7, 11) is 1.93. The van der Waals surface area contributed by atoms with E-state index in [2.05, 4.69) is 30.4 Å². The summed E-state index contributed by atoms with van der Waals surface area (Å²) in [4.78, 5) is 32.9. The first-order valence-corrected chi connectivity index (χ1v) is 14.6. The number of aliphatic hydroxyl groups is 1. The van der Waals surface area contributed by atoms with Gasteiger partial charge < -0.3 is 30.4 Å². The maximum absolute atomic E-state index is 13.1. The van der Waals surface area contributed by atoms with Gasteiger partial charge in [0, 0.05) is 55.4 Å². The number of amides is 1. The number of carbonyl (C=O) groups is 1. The third kappa shape index (κ3) is 6.78. The van der Waals surface area contributed by atoms with Gasteiger partial charge in [0.05, 0.1) is 30.2 Å². The maximum Gasteiger partial charge on any atom is 0.416 e. The van der Waals surface area contributed by atoms with Crippen molar-refractivity contribution in [2.24, 2.45) is 0 Å². The van der Waals surface area contributed by atoms with Crippen LogP contribution in [0.2, 0.25) is 0 Å². The fourth-order valence-electron chi connectivity index (χ4n) is 5.58. The third-order valence-corrected chi connectivity index (χ3v) is 8.00. The second-order valence-electron chi connectivity index (χ2n) is 11.4. The van der Waals surface area contributed by atoms with Crippen molar-refractivity contribution in [1.82, 2.24) is 15.0 Å². The lowest BCUT2D eigenvalue weighted by Gasteiger charge is -2.37. The molecular weight excluding hydrogens is 585 g/mol. The Balaban J connectivity index is 1.13. The van der Waals surface area contributed by atoms with E-state index < -0.39 is 17.6 Å². The van der Waals surface area contributed by atoms with Crippen molar-refractivity contribution >= 4 is 40.6 Å². The molecule has 0 spiro atoms. The Labute approximate surface area is 258 Å². The molecule has 13 heteroatoms. The number of hydrogen-bond acceptors (Lipinski definition) is 9. The Kier molecular flexibility index (Phi) is 8.19. The minimum atomic E-state index is -4.54. The van der Waals surface area contributed by atoms with Crippen molar-refractivity contribution in [3.8, 4) is 0 Å². The molecule has 0 aliphatic carbocycles. The van der Waals surface area contributed by atoms with E-state index >= 15 is 0 Å². The van der Waals surface area contributed by atoms with Crippen LogP contribution < -0.4 is 25.3 Å². The number of pyridine rings is 1. The molecule has 0 saturated carbocycles. The number of aryl methyl sites for hydroxylation is 1. The van der Waals surface area contributed by atoms with E-state index in [4.69, 9.17) is 4.98 Å². The van der Waals surface area contributed by atoms with Crippen LogP contribution in [0, 0.1) is 6.92 Å². The molecule has 0 radical (unpaired) electrons. The van der Waals surface area contributed by atoms with E-state index in [9.17, 15) is 23.1 Å². The van der Waals surface area contributed by atoms with E-state index in [1.807, 2.05) is 43.1 Å². The second kappa shape index (κ2) is 12.2. The van der Waals surface area contributed by atoms with E-state index in [-0.39, 0.29) is 11.7 Å². The summed E-state index contributed by atoms with van der Waals surface area (Å²) in [5, 5.41) is 15.7. The molecule has 1 fully saturated rings. The fourth-order valence-corrected chi connectivity index (χ4v) is 5.58. The number of halogens is 3. The van der Waals surface area contributed by atoms with Crippen LogP contribution in [0.3, 0.4) is 0 Å². The number of alkyl halides is 3. The molecule has 3 N–H and O–H groups in total. The van der Waals surface area contributed by atoms with Gasteiger partial charge in [-0.25, -0.2) is 9.97 Å². The maximum atomic E-state index is 13.1. The summed E-state index contributed by atoms with van der Waals surface area (Å²) in [6, 6.07) is 13.6. The summed E-state index contributed by atoms with van der Waals surface area (Å²) in [6.07, 6.45) is 0.225. The van der Waals surface area contributed by atoms with Crippen molar-refractivity contribution in [2.45, 2.75) is 38.6 Å². The first-order valence-electron chi connectivity index (χ1n) is 14.6. The Hall–Kier alpha value is -4.91. The van der Waals surface area contributed by atoms with Gasteiger partial charge in [0.1, 0.15) is 11.6 Å². The monoisotopic (exact) mass is 618 g/mol. The van der Waals surface area contributed by atoms with Gasteiger partial charge >= 0.3 is 6.18 Å². The number of rotatable bonds is 6. The van der Waals surface area contributed by atoms with Crippen molar-refractivity contribution in [3.63, 3.8) is 0 Å². The predicted octanol–water partition coefficient (Wildman–Crippen LogP) is 5.57. The molecule has 4 heterocycles. The topological polar surface area (TPSA) is 110 Å². The summed E-state index contributed by atoms with van der Waals surface area (Å²) in [5.74, 6) is 1.47. The summed E-state index contributed by atoms with van der Waals surface area (Å²) in [6.45, 7) is 4.54. The Morgan fingerprint density at radius 2 is 1.76 bits per heavy atom. The van der Waals surface area contributed by atoms with Crippen LogP contribution in [0.25, 0.3) is 0 Å². The third-order valence-electron chi connectivity index (χ3n) is 8.00. The molecule has 0 bridgehead atoms. The van der Waals surface area contributed by atoms with Gasteiger partial charge in [0.15, 0.2) is 0 Å². The first kappa shape index (κ1) is 30.1. The molecule has 2 aliphatic rings. The molecule has 234 valence electrons. The van der Waals surface area contributed by atoms with Gasteiger partial charge in [-0.15, -0.1) is 0 Å². The summed E-state index contributed by atoms with van der Waals surface area (Å²) in [5.41, 5.74) is 3.03. The largest absolute Gasteiger partial charge is 0.416 e. The Bertz CT molecular complexity index is 1690. The number of benzene rings is 2. The van der Waals surface area contributed by atoms with Crippen molar-refractivity contribution in [1.29, 1.82) is 0 Å². The normalized spacial score (nSPS) is 15.6. The van der Waals surface area contributed by atoms with E-state index in [0.717, 1.165) is 72.2 Å². The molecule has 0 atom stereocenters. The lowest BCUT2D eigenvalue weighted by molar-refractivity contribution is -0.137. The molecule has 45 heavy (non-hydrogen) atoms. The van der Waals surface area contributed by atoms with Crippen LogP contribution in [0.15, 0.2) is 67.0 Å². The highest BCUT2D eigenvalue weighted by molar-refractivity contribution is 6.04. The van der Waals surface area contributed by atoms with Crippen LogP contribution in [0.4, 0.5) is 47.8 Å². The van der Waals surface area contributed by atoms with Gasteiger partial charge in [-0.1, -0.05) is 12.1 Å².